The second-order valence-corrected chi connectivity index (χ2v) is 4.45. The number of carboxylic acid groups (broad SMARTS) is 1. The summed E-state index contributed by atoms with van der Waals surface area (Å²) < 4.78 is 4.93. The number of rotatable bonds is 7. The number of hydrogen-bond donors (Lipinski definition) is 2. The van der Waals surface area contributed by atoms with E-state index in [1.807, 2.05) is 6.92 Å². The van der Waals surface area contributed by atoms with Gasteiger partial charge in [0.2, 0.25) is 0 Å². The minimum Gasteiger partial charge on any atom is -0.481 e. The van der Waals surface area contributed by atoms with Gasteiger partial charge in [0, 0.05) is 25.1 Å². The lowest BCUT2D eigenvalue weighted by Crippen LogP contribution is -2.04. The first kappa shape index (κ1) is 12.9. The van der Waals surface area contributed by atoms with Crippen molar-refractivity contribution in [2.45, 2.75) is 19.8 Å². The molecule has 6 heteroatoms. The van der Waals surface area contributed by atoms with E-state index in [0.717, 1.165) is 28.7 Å². The van der Waals surface area contributed by atoms with E-state index in [4.69, 9.17) is 9.84 Å². The summed E-state index contributed by atoms with van der Waals surface area (Å²) in [5.41, 5.74) is 0.793. The molecule has 5 nitrogen and oxygen atoms in total. The molecule has 0 unspecified atom stereocenters. The SMILES string of the molecule is COCCCNc1nc(C)c(CC(=O)O)s1. The Balaban J connectivity index is 2.45. The van der Waals surface area contributed by atoms with Crippen LogP contribution in [-0.4, -0.2) is 36.3 Å². The highest BCUT2D eigenvalue weighted by Crippen LogP contribution is 2.22. The average Bonchev–Trinajstić information content (AvgIpc) is 2.54. The molecule has 2 N–H and O–H groups in total. The fourth-order valence-corrected chi connectivity index (χ4v) is 2.20. The summed E-state index contributed by atoms with van der Waals surface area (Å²) >= 11 is 1.40. The average molecular weight is 244 g/mol. The van der Waals surface area contributed by atoms with E-state index in [-0.39, 0.29) is 6.42 Å². The Bertz CT molecular complexity index is 352. The molecule has 0 spiro atoms. The van der Waals surface area contributed by atoms with Gasteiger partial charge in [-0.25, -0.2) is 4.98 Å². The Labute approximate surface area is 98.5 Å². The van der Waals surface area contributed by atoms with Crippen LogP contribution in [0.15, 0.2) is 0 Å². The number of hydrogen-bond acceptors (Lipinski definition) is 5. The maximum absolute atomic E-state index is 10.6. The largest absolute Gasteiger partial charge is 0.481 e. The maximum Gasteiger partial charge on any atom is 0.308 e. The van der Waals surface area contributed by atoms with Crippen molar-refractivity contribution in [2.24, 2.45) is 0 Å². The molecule has 1 heterocycles. The molecule has 0 atom stereocenters. The highest BCUT2D eigenvalue weighted by molar-refractivity contribution is 7.15. The van der Waals surface area contributed by atoms with E-state index in [0.29, 0.717) is 6.61 Å². The van der Waals surface area contributed by atoms with Gasteiger partial charge in [-0.2, -0.15) is 0 Å². The van der Waals surface area contributed by atoms with Gasteiger partial charge in [-0.3, -0.25) is 4.79 Å². The predicted octanol–water partition coefficient (Wildman–Crippen LogP) is 1.53. The normalized spacial score (nSPS) is 10.4. The molecule has 1 rings (SSSR count). The number of thiazole rings is 1. The highest BCUT2D eigenvalue weighted by atomic mass is 32.1. The fourth-order valence-electron chi connectivity index (χ4n) is 1.22. The van der Waals surface area contributed by atoms with Crippen molar-refractivity contribution in [2.75, 3.05) is 25.6 Å². The standard InChI is InChI=1S/C10H16N2O3S/c1-7-8(6-9(13)14)16-10(12-7)11-4-3-5-15-2/h3-6H2,1-2H3,(H,11,12)(H,13,14). The zero-order valence-corrected chi connectivity index (χ0v) is 10.3. The van der Waals surface area contributed by atoms with E-state index in [9.17, 15) is 4.79 Å². The number of aliphatic carboxylic acids is 1. The van der Waals surface area contributed by atoms with Crippen LogP contribution in [-0.2, 0) is 16.0 Å². The number of ether oxygens (including phenoxy) is 1. The summed E-state index contributed by atoms with van der Waals surface area (Å²) in [6.45, 7) is 3.32. The Kier molecular flexibility index (Phi) is 5.21. The van der Waals surface area contributed by atoms with Gasteiger partial charge in [-0.05, 0) is 13.3 Å². The Morgan fingerprint density at radius 1 is 1.62 bits per heavy atom. The summed E-state index contributed by atoms with van der Waals surface area (Å²) in [6.07, 6.45) is 0.951. The Morgan fingerprint density at radius 2 is 2.38 bits per heavy atom. The van der Waals surface area contributed by atoms with E-state index in [1.54, 1.807) is 7.11 Å². The maximum atomic E-state index is 10.6. The summed E-state index contributed by atoms with van der Waals surface area (Å²) in [5.74, 6) is -0.822. The lowest BCUT2D eigenvalue weighted by atomic mass is 10.3. The van der Waals surface area contributed by atoms with Gasteiger partial charge in [0.25, 0.3) is 0 Å². The second-order valence-electron chi connectivity index (χ2n) is 3.37. The van der Waals surface area contributed by atoms with Crippen molar-refractivity contribution in [1.82, 2.24) is 4.98 Å². The number of nitrogens with one attached hydrogen (secondary N) is 1. The minimum atomic E-state index is -0.822. The minimum absolute atomic E-state index is 0.0449. The van der Waals surface area contributed by atoms with Crippen LogP contribution < -0.4 is 5.32 Å². The molecule has 0 aliphatic heterocycles. The summed E-state index contributed by atoms with van der Waals surface area (Å²) in [7, 11) is 1.67. The monoisotopic (exact) mass is 244 g/mol. The van der Waals surface area contributed by atoms with Gasteiger partial charge < -0.3 is 15.2 Å². The molecule has 0 saturated heterocycles. The van der Waals surface area contributed by atoms with Gasteiger partial charge in [0.15, 0.2) is 5.13 Å². The quantitative estimate of drug-likeness (QED) is 0.712. The first-order valence-corrected chi connectivity index (χ1v) is 5.86. The topological polar surface area (TPSA) is 71.5 Å². The number of aromatic nitrogens is 1. The third-order valence-electron chi connectivity index (χ3n) is 2.01. The molecule has 0 radical (unpaired) electrons. The number of carbonyl (C=O) groups is 1. The van der Waals surface area contributed by atoms with E-state index in [1.165, 1.54) is 11.3 Å². The summed E-state index contributed by atoms with van der Waals surface area (Å²) in [6, 6.07) is 0. The number of anilines is 1. The van der Waals surface area contributed by atoms with Crippen LogP contribution >= 0.6 is 11.3 Å². The molecule has 0 aromatic carbocycles. The Morgan fingerprint density at radius 3 is 3.00 bits per heavy atom. The van der Waals surface area contributed by atoms with E-state index < -0.39 is 5.97 Å². The lowest BCUT2D eigenvalue weighted by Gasteiger charge is -2.00. The number of carboxylic acids is 1. The van der Waals surface area contributed by atoms with Crippen LogP contribution in [0.5, 0.6) is 0 Å². The van der Waals surface area contributed by atoms with Gasteiger partial charge in [-0.1, -0.05) is 0 Å². The zero-order valence-electron chi connectivity index (χ0n) is 9.45. The molecule has 1 aromatic rings. The van der Waals surface area contributed by atoms with Crippen LogP contribution in [0.1, 0.15) is 17.0 Å². The molecule has 0 fully saturated rings. The first-order chi connectivity index (χ1) is 7.63. The van der Waals surface area contributed by atoms with Crippen molar-refractivity contribution < 1.29 is 14.6 Å². The van der Waals surface area contributed by atoms with Crippen LogP contribution in [0, 0.1) is 6.92 Å². The number of aryl methyl sites for hydroxylation is 1. The van der Waals surface area contributed by atoms with Crippen LogP contribution in [0.3, 0.4) is 0 Å². The summed E-state index contributed by atoms with van der Waals surface area (Å²) in [5, 5.41) is 12.6. The molecule has 0 bridgehead atoms. The molecule has 0 aliphatic rings. The summed E-state index contributed by atoms with van der Waals surface area (Å²) in [4.78, 5) is 15.6. The molecule has 90 valence electrons. The first-order valence-electron chi connectivity index (χ1n) is 5.04. The van der Waals surface area contributed by atoms with Crippen molar-refractivity contribution in [1.29, 1.82) is 0 Å². The van der Waals surface area contributed by atoms with E-state index in [2.05, 4.69) is 10.3 Å². The van der Waals surface area contributed by atoms with Crippen molar-refractivity contribution in [3.8, 4) is 0 Å². The molecule has 16 heavy (non-hydrogen) atoms. The van der Waals surface area contributed by atoms with Crippen molar-refractivity contribution in [3.63, 3.8) is 0 Å². The second kappa shape index (κ2) is 6.44. The van der Waals surface area contributed by atoms with Gasteiger partial charge in [0.05, 0.1) is 12.1 Å². The lowest BCUT2D eigenvalue weighted by molar-refractivity contribution is -0.136. The molecular formula is C10H16N2O3S. The number of methoxy groups -OCH3 is 1. The van der Waals surface area contributed by atoms with Gasteiger partial charge >= 0.3 is 5.97 Å². The van der Waals surface area contributed by atoms with Crippen molar-refractivity contribution >= 4 is 22.4 Å². The molecule has 0 saturated carbocycles. The Hall–Kier alpha value is -1.14. The molecule has 0 aliphatic carbocycles. The number of nitrogens with zero attached hydrogens (tertiary/aromatic N) is 1. The third kappa shape index (κ3) is 4.16. The highest BCUT2D eigenvalue weighted by Gasteiger charge is 2.10. The zero-order chi connectivity index (χ0) is 12.0. The molecule has 1 aromatic heterocycles. The smallest absolute Gasteiger partial charge is 0.308 e. The molecular weight excluding hydrogens is 228 g/mol. The van der Waals surface area contributed by atoms with E-state index >= 15 is 0 Å². The van der Waals surface area contributed by atoms with Crippen LogP contribution in [0.25, 0.3) is 0 Å². The van der Waals surface area contributed by atoms with Crippen LogP contribution in [0.2, 0.25) is 0 Å². The van der Waals surface area contributed by atoms with Gasteiger partial charge in [0.1, 0.15) is 0 Å². The van der Waals surface area contributed by atoms with Crippen molar-refractivity contribution in [3.05, 3.63) is 10.6 Å². The fraction of sp³-hybridized carbons (Fsp3) is 0.600. The van der Waals surface area contributed by atoms with Gasteiger partial charge in [-0.15, -0.1) is 11.3 Å². The van der Waals surface area contributed by atoms with Crippen LogP contribution in [0.4, 0.5) is 5.13 Å². The predicted molar refractivity (Wildman–Crippen MR) is 63.2 cm³/mol. The molecule has 0 amide bonds. The third-order valence-corrected chi connectivity index (χ3v) is 3.12.